The van der Waals surface area contributed by atoms with Gasteiger partial charge in [-0.3, -0.25) is 19.2 Å². The Labute approximate surface area is 259 Å². The fourth-order valence-electron chi connectivity index (χ4n) is 4.72. The van der Waals surface area contributed by atoms with Gasteiger partial charge in [0.25, 0.3) is 5.91 Å². The minimum Gasteiger partial charge on any atom is -0.364 e. The smallest absolute Gasteiger partial charge is 0.270 e. The highest BCUT2D eigenvalue weighted by Crippen LogP contribution is 2.34. The second-order valence-corrected chi connectivity index (χ2v) is 12.7. The maximum atomic E-state index is 15.5. The number of anilines is 2. The van der Waals surface area contributed by atoms with Crippen LogP contribution in [0.4, 0.5) is 19.6 Å². The van der Waals surface area contributed by atoms with E-state index in [0.717, 1.165) is 20.9 Å². The molecule has 1 aliphatic heterocycles. The van der Waals surface area contributed by atoms with E-state index in [1.54, 1.807) is 45.0 Å². The highest BCUT2D eigenvalue weighted by Gasteiger charge is 2.40. The van der Waals surface area contributed by atoms with E-state index >= 15 is 4.39 Å². The minimum atomic E-state index is -1.51. The van der Waals surface area contributed by atoms with Crippen molar-refractivity contribution >= 4 is 67.7 Å². The Morgan fingerprint density at radius 3 is 2.48 bits per heavy atom. The van der Waals surface area contributed by atoms with Gasteiger partial charge in [0, 0.05) is 28.0 Å². The van der Waals surface area contributed by atoms with Crippen LogP contribution in [-0.4, -0.2) is 62.1 Å². The summed E-state index contributed by atoms with van der Waals surface area (Å²) >= 11 is 7.20. The monoisotopic (exact) mass is 643 g/mol. The number of halogens is 3. The van der Waals surface area contributed by atoms with Gasteiger partial charge in [0.05, 0.1) is 12.2 Å². The second-order valence-electron chi connectivity index (χ2n) is 11.3. The average molecular weight is 644 g/mol. The summed E-state index contributed by atoms with van der Waals surface area (Å²) in [6.07, 6.45) is -1.81. The number of aromatic nitrogens is 3. The Morgan fingerprint density at radius 1 is 1.09 bits per heavy atom. The van der Waals surface area contributed by atoms with Crippen molar-refractivity contribution in [3.05, 3.63) is 59.0 Å². The SMILES string of the molecule is CC(C)(C)C(=O)Nc1nc2c(s1)c(C(N)=O)nn2CC(=O)N1C[C@H](F)C[C@H]1C(=O)Nc1cccc(-c2ccccc2Cl)c1F. The van der Waals surface area contributed by atoms with Crippen molar-refractivity contribution < 1.29 is 28.0 Å². The molecule has 4 amide bonds. The van der Waals surface area contributed by atoms with E-state index in [4.69, 9.17) is 17.3 Å². The lowest BCUT2D eigenvalue weighted by atomic mass is 9.96. The van der Waals surface area contributed by atoms with E-state index in [1.165, 1.54) is 18.2 Å². The molecule has 0 unspecified atom stereocenters. The molecule has 1 fully saturated rings. The minimum absolute atomic E-state index is 0.108. The number of nitrogens with zero attached hydrogens (tertiary/aromatic N) is 4. The lowest BCUT2D eigenvalue weighted by Crippen LogP contribution is -2.44. The maximum Gasteiger partial charge on any atom is 0.270 e. The molecule has 44 heavy (non-hydrogen) atoms. The first-order valence-corrected chi connectivity index (χ1v) is 14.7. The van der Waals surface area contributed by atoms with Crippen molar-refractivity contribution in [2.45, 2.75) is 46.0 Å². The van der Waals surface area contributed by atoms with Gasteiger partial charge in [0.2, 0.25) is 17.7 Å². The number of carbonyl (C=O) groups excluding carboxylic acids is 4. The van der Waals surface area contributed by atoms with E-state index < -0.39 is 47.7 Å². The number of nitrogens with two attached hydrogens (primary N) is 1. The van der Waals surface area contributed by atoms with Crippen LogP contribution in [0.2, 0.25) is 5.02 Å². The first-order valence-electron chi connectivity index (χ1n) is 13.5. The van der Waals surface area contributed by atoms with Gasteiger partial charge in [0.15, 0.2) is 22.3 Å². The largest absolute Gasteiger partial charge is 0.364 e. The average Bonchev–Trinajstić information content (AvgIpc) is 3.63. The number of fused-ring (bicyclic) bond motifs is 1. The van der Waals surface area contributed by atoms with Crippen molar-refractivity contribution in [2.75, 3.05) is 17.2 Å². The molecular formula is C29H28ClF2N7O4S. The summed E-state index contributed by atoms with van der Waals surface area (Å²) in [4.78, 5) is 56.6. The molecule has 5 rings (SSSR count). The van der Waals surface area contributed by atoms with E-state index in [0.29, 0.717) is 10.6 Å². The molecule has 2 aromatic carbocycles. The normalized spacial score (nSPS) is 16.7. The van der Waals surface area contributed by atoms with Crippen molar-refractivity contribution in [1.82, 2.24) is 19.7 Å². The van der Waals surface area contributed by atoms with E-state index in [2.05, 4.69) is 20.7 Å². The van der Waals surface area contributed by atoms with Crippen LogP contribution in [0.3, 0.4) is 0 Å². The number of alkyl halides is 1. The zero-order valence-electron chi connectivity index (χ0n) is 23.9. The van der Waals surface area contributed by atoms with Crippen LogP contribution in [0, 0.1) is 11.2 Å². The number of hydrogen-bond donors (Lipinski definition) is 3. The van der Waals surface area contributed by atoms with Crippen molar-refractivity contribution in [2.24, 2.45) is 11.1 Å². The summed E-state index contributed by atoms with van der Waals surface area (Å²) in [6.45, 7) is 4.27. The molecule has 11 nitrogen and oxygen atoms in total. The third-order valence-corrected chi connectivity index (χ3v) is 8.30. The Kier molecular flexibility index (Phi) is 8.40. The molecule has 230 valence electrons. The topological polar surface area (TPSA) is 152 Å². The predicted octanol–water partition coefficient (Wildman–Crippen LogP) is 4.61. The summed E-state index contributed by atoms with van der Waals surface area (Å²) in [5.74, 6) is -3.40. The number of thiazole rings is 1. The number of benzene rings is 2. The third-order valence-electron chi connectivity index (χ3n) is 7.00. The molecule has 2 atom stereocenters. The summed E-state index contributed by atoms with van der Waals surface area (Å²) in [6, 6.07) is 9.80. The molecule has 1 saturated heterocycles. The van der Waals surface area contributed by atoms with Gasteiger partial charge in [-0.1, -0.05) is 74.0 Å². The number of primary amides is 1. The molecule has 2 aromatic heterocycles. The van der Waals surface area contributed by atoms with Gasteiger partial charge >= 0.3 is 0 Å². The van der Waals surface area contributed by atoms with Crippen molar-refractivity contribution in [3.8, 4) is 11.1 Å². The Morgan fingerprint density at radius 2 is 1.80 bits per heavy atom. The lowest BCUT2D eigenvalue weighted by molar-refractivity contribution is -0.137. The molecule has 15 heteroatoms. The number of likely N-dealkylation sites (tertiary alicyclic amines) is 1. The highest BCUT2D eigenvalue weighted by atomic mass is 35.5. The summed E-state index contributed by atoms with van der Waals surface area (Å²) < 4.78 is 31.4. The lowest BCUT2D eigenvalue weighted by Gasteiger charge is -2.24. The number of rotatable bonds is 7. The summed E-state index contributed by atoms with van der Waals surface area (Å²) in [5.41, 5.74) is 5.14. The number of amides is 4. The van der Waals surface area contributed by atoms with Gasteiger partial charge in [0.1, 0.15) is 23.5 Å². The Hall–Kier alpha value is -4.43. The maximum absolute atomic E-state index is 15.5. The second kappa shape index (κ2) is 11.9. The molecule has 0 radical (unpaired) electrons. The Balaban J connectivity index is 1.37. The number of carbonyl (C=O) groups is 4. The zero-order valence-corrected chi connectivity index (χ0v) is 25.4. The molecule has 4 aromatic rings. The van der Waals surface area contributed by atoms with Gasteiger partial charge < -0.3 is 21.3 Å². The fourth-order valence-corrected chi connectivity index (χ4v) is 5.91. The summed E-state index contributed by atoms with van der Waals surface area (Å²) in [7, 11) is 0. The zero-order chi connectivity index (χ0) is 31.9. The molecule has 3 heterocycles. The van der Waals surface area contributed by atoms with Gasteiger partial charge in [-0.25, -0.2) is 13.5 Å². The standard InChI is InChI=1S/C29H28ClF2N7O4S/c1-29(2,3)27(43)36-28-35-25-23(44-28)22(24(33)41)37-39(25)13-20(40)38-12-14(31)11-19(38)26(42)34-18-10-6-8-16(21(18)32)15-7-4-5-9-17(15)30/h4-10,14,19H,11-13H2,1-3H3,(H2,33,41)(H,34,42)(H,35,36,43)/t14-,19+/m1/s1. The van der Waals surface area contributed by atoms with Crippen LogP contribution >= 0.6 is 22.9 Å². The molecule has 0 bridgehead atoms. The van der Waals surface area contributed by atoms with Gasteiger partial charge in [-0.15, -0.1) is 0 Å². The number of hydrogen-bond acceptors (Lipinski definition) is 7. The number of nitrogens with one attached hydrogen (secondary N) is 2. The molecular weight excluding hydrogens is 616 g/mol. The first kappa shape index (κ1) is 31.0. The van der Waals surface area contributed by atoms with Gasteiger partial charge in [-0.05, 0) is 12.1 Å². The van der Waals surface area contributed by atoms with Crippen LogP contribution in [-0.2, 0) is 20.9 Å². The molecule has 1 aliphatic rings. The quantitative estimate of drug-likeness (QED) is 0.267. The highest BCUT2D eigenvalue weighted by molar-refractivity contribution is 7.22. The predicted molar refractivity (Wildman–Crippen MR) is 162 cm³/mol. The molecule has 0 spiro atoms. The van der Waals surface area contributed by atoms with E-state index in [-0.39, 0.29) is 51.3 Å². The molecule has 0 aliphatic carbocycles. The van der Waals surface area contributed by atoms with Gasteiger partial charge in [-0.2, -0.15) is 10.1 Å². The van der Waals surface area contributed by atoms with Crippen molar-refractivity contribution in [3.63, 3.8) is 0 Å². The van der Waals surface area contributed by atoms with Crippen molar-refractivity contribution in [1.29, 1.82) is 0 Å². The summed E-state index contributed by atoms with van der Waals surface area (Å²) in [5, 5.41) is 9.76. The molecule has 0 saturated carbocycles. The third kappa shape index (κ3) is 6.13. The van der Waals surface area contributed by atoms with Crippen LogP contribution in [0.15, 0.2) is 42.5 Å². The van der Waals surface area contributed by atoms with Crippen LogP contribution in [0.1, 0.15) is 37.7 Å². The van der Waals surface area contributed by atoms with E-state index in [1.807, 2.05) is 0 Å². The van der Waals surface area contributed by atoms with Crippen LogP contribution < -0.4 is 16.4 Å². The first-order chi connectivity index (χ1) is 20.7. The van der Waals surface area contributed by atoms with E-state index in [9.17, 15) is 23.6 Å². The Bertz CT molecular complexity index is 1800. The fraction of sp³-hybridized carbons (Fsp3) is 0.310. The molecule has 4 N–H and O–H groups in total. The van der Waals surface area contributed by atoms with Crippen LogP contribution in [0.5, 0.6) is 0 Å². The van der Waals surface area contributed by atoms with Crippen LogP contribution in [0.25, 0.3) is 21.5 Å².